The lowest BCUT2D eigenvalue weighted by Crippen LogP contribution is -2.28. The summed E-state index contributed by atoms with van der Waals surface area (Å²) in [6.45, 7) is 1.17. The second kappa shape index (κ2) is 7.54. The molecule has 1 heterocycles. The van der Waals surface area contributed by atoms with Crippen LogP contribution in [0.1, 0.15) is 21.8 Å². The van der Waals surface area contributed by atoms with Crippen molar-refractivity contribution in [3.63, 3.8) is 0 Å². The van der Waals surface area contributed by atoms with Crippen molar-refractivity contribution in [2.45, 2.75) is 5.92 Å². The SMILES string of the molecule is COc1cccc(-c2ccc(C(=O)NCC3COc4ccccc43)cc2)c1. The maximum atomic E-state index is 12.5. The first kappa shape index (κ1) is 17.2. The lowest BCUT2D eigenvalue weighted by molar-refractivity contribution is 0.0950. The zero-order chi connectivity index (χ0) is 18.6. The van der Waals surface area contributed by atoms with Gasteiger partial charge in [-0.05, 0) is 41.5 Å². The van der Waals surface area contributed by atoms with E-state index in [9.17, 15) is 4.79 Å². The molecule has 1 N–H and O–H groups in total. The van der Waals surface area contributed by atoms with Crippen molar-refractivity contribution in [3.8, 4) is 22.6 Å². The van der Waals surface area contributed by atoms with Gasteiger partial charge in [0.05, 0.1) is 13.7 Å². The number of nitrogens with one attached hydrogen (secondary N) is 1. The van der Waals surface area contributed by atoms with Crippen LogP contribution in [0.25, 0.3) is 11.1 Å². The fourth-order valence-corrected chi connectivity index (χ4v) is 3.33. The summed E-state index contributed by atoms with van der Waals surface area (Å²) in [5.74, 6) is 1.85. The van der Waals surface area contributed by atoms with Crippen molar-refractivity contribution in [1.82, 2.24) is 5.32 Å². The van der Waals surface area contributed by atoms with Gasteiger partial charge in [0.1, 0.15) is 11.5 Å². The molecule has 0 saturated carbocycles. The number of carbonyl (C=O) groups excluding carboxylic acids is 1. The van der Waals surface area contributed by atoms with Crippen LogP contribution in [-0.2, 0) is 0 Å². The third-order valence-corrected chi connectivity index (χ3v) is 4.86. The van der Waals surface area contributed by atoms with Crippen molar-refractivity contribution < 1.29 is 14.3 Å². The van der Waals surface area contributed by atoms with Gasteiger partial charge in [0.2, 0.25) is 0 Å². The van der Waals surface area contributed by atoms with E-state index < -0.39 is 0 Å². The Morgan fingerprint density at radius 1 is 1.04 bits per heavy atom. The third-order valence-electron chi connectivity index (χ3n) is 4.86. The lowest BCUT2D eigenvalue weighted by Gasteiger charge is -2.11. The molecule has 1 aliphatic rings. The number of fused-ring (bicyclic) bond motifs is 1. The smallest absolute Gasteiger partial charge is 0.251 e. The molecule has 3 aromatic rings. The summed E-state index contributed by atoms with van der Waals surface area (Å²) in [6, 6.07) is 23.5. The van der Waals surface area contributed by atoms with Crippen molar-refractivity contribution in [2.75, 3.05) is 20.3 Å². The Kier molecular flexibility index (Phi) is 4.79. The fourth-order valence-electron chi connectivity index (χ4n) is 3.33. The van der Waals surface area contributed by atoms with Crippen molar-refractivity contribution in [3.05, 3.63) is 83.9 Å². The summed E-state index contributed by atoms with van der Waals surface area (Å²) in [6.07, 6.45) is 0. The van der Waals surface area contributed by atoms with Gasteiger partial charge in [-0.2, -0.15) is 0 Å². The minimum Gasteiger partial charge on any atom is -0.497 e. The maximum Gasteiger partial charge on any atom is 0.251 e. The van der Waals surface area contributed by atoms with Gasteiger partial charge in [0.25, 0.3) is 5.91 Å². The van der Waals surface area contributed by atoms with Crippen LogP contribution in [0.3, 0.4) is 0 Å². The number of hydrogen-bond donors (Lipinski definition) is 1. The van der Waals surface area contributed by atoms with Crippen molar-refractivity contribution >= 4 is 5.91 Å². The molecule has 136 valence electrons. The molecule has 0 aliphatic carbocycles. The monoisotopic (exact) mass is 359 g/mol. The second-order valence-corrected chi connectivity index (χ2v) is 6.57. The molecule has 0 aromatic heterocycles. The Labute approximate surface area is 158 Å². The van der Waals surface area contributed by atoms with Crippen LogP contribution < -0.4 is 14.8 Å². The number of ether oxygens (including phenoxy) is 2. The minimum absolute atomic E-state index is 0.0726. The molecule has 0 radical (unpaired) electrons. The lowest BCUT2D eigenvalue weighted by atomic mass is 10.0. The van der Waals surface area contributed by atoms with Crippen LogP contribution in [0.15, 0.2) is 72.8 Å². The summed E-state index contributed by atoms with van der Waals surface area (Å²) in [7, 11) is 1.65. The molecule has 4 nitrogen and oxygen atoms in total. The standard InChI is InChI=1S/C23H21NO3/c1-26-20-6-4-5-18(13-20)16-9-11-17(12-10-16)23(25)24-14-19-15-27-22-8-3-2-7-21(19)22/h2-13,19H,14-15H2,1H3,(H,24,25). The first-order valence-electron chi connectivity index (χ1n) is 8.99. The minimum atomic E-state index is -0.0726. The van der Waals surface area contributed by atoms with Crippen molar-refractivity contribution in [1.29, 1.82) is 0 Å². The van der Waals surface area contributed by atoms with E-state index in [0.29, 0.717) is 18.7 Å². The van der Waals surface area contributed by atoms with Crippen LogP contribution in [0, 0.1) is 0 Å². The molecule has 27 heavy (non-hydrogen) atoms. The fraction of sp³-hybridized carbons (Fsp3) is 0.174. The van der Waals surface area contributed by atoms with Gasteiger partial charge in [-0.25, -0.2) is 0 Å². The van der Waals surface area contributed by atoms with Gasteiger partial charge in [0, 0.05) is 23.6 Å². The Bertz CT molecular complexity index is 950. The average molecular weight is 359 g/mol. The first-order valence-corrected chi connectivity index (χ1v) is 8.99. The highest BCUT2D eigenvalue weighted by molar-refractivity contribution is 5.94. The van der Waals surface area contributed by atoms with E-state index in [4.69, 9.17) is 9.47 Å². The van der Waals surface area contributed by atoms with Gasteiger partial charge in [0.15, 0.2) is 0 Å². The van der Waals surface area contributed by atoms with Crippen LogP contribution in [0.5, 0.6) is 11.5 Å². The summed E-state index contributed by atoms with van der Waals surface area (Å²) < 4.78 is 10.9. The number of amides is 1. The number of benzene rings is 3. The third kappa shape index (κ3) is 3.65. The Balaban J connectivity index is 1.41. The molecule has 1 amide bonds. The molecule has 0 saturated heterocycles. The first-order chi connectivity index (χ1) is 13.2. The maximum absolute atomic E-state index is 12.5. The summed E-state index contributed by atoms with van der Waals surface area (Å²) in [5, 5.41) is 3.02. The highest BCUT2D eigenvalue weighted by Gasteiger charge is 2.24. The van der Waals surface area contributed by atoms with E-state index in [1.54, 1.807) is 7.11 Å². The zero-order valence-corrected chi connectivity index (χ0v) is 15.1. The van der Waals surface area contributed by atoms with E-state index in [2.05, 4.69) is 11.4 Å². The van der Waals surface area contributed by atoms with Crippen molar-refractivity contribution in [2.24, 2.45) is 0 Å². The van der Waals surface area contributed by atoms with Crippen LogP contribution in [0.2, 0.25) is 0 Å². The summed E-state index contributed by atoms with van der Waals surface area (Å²) >= 11 is 0. The molecular weight excluding hydrogens is 338 g/mol. The summed E-state index contributed by atoms with van der Waals surface area (Å²) in [5.41, 5.74) is 3.91. The van der Waals surface area contributed by atoms with Gasteiger partial charge in [-0.1, -0.05) is 42.5 Å². The van der Waals surface area contributed by atoms with E-state index >= 15 is 0 Å². The number of carbonyl (C=O) groups is 1. The van der Waals surface area contributed by atoms with E-state index in [-0.39, 0.29) is 11.8 Å². The van der Waals surface area contributed by atoms with E-state index in [1.165, 1.54) is 0 Å². The van der Waals surface area contributed by atoms with Gasteiger partial charge in [-0.15, -0.1) is 0 Å². The Hall–Kier alpha value is -3.27. The zero-order valence-electron chi connectivity index (χ0n) is 15.1. The highest BCUT2D eigenvalue weighted by atomic mass is 16.5. The quantitative estimate of drug-likeness (QED) is 0.740. The highest BCUT2D eigenvalue weighted by Crippen LogP contribution is 2.32. The van der Waals surface area contributed by atoms with Crippen LogP contribution in [0.4, 0.5) is 0 Å². The molecule has 4 rings (SSSR count). The van der Waals surface area contributed by atoms with Gasteiger partial charge < -0.3 is 14.8 Å². The predicted molar refractivity (Wildman–Crippen MR) is 105 cm³/mol. The summed E-state index contributed by atoms with van der Waals surface area (Å²) in [4.78, 5) is 12.5. The molecule has 3 aromatic carbocycles. The van der Waals surface area contributed by atoms with Gasteiger partial charge in [-0.3, -0.25) is 4.79 Å². The molecule has 0 spiro atoms. The predicted octanol–water partition coefficient (Wildman–Crippen LogP) is 4.27. The topological polar surface area (TPSA) is 47.6 Å². The van der Waals surface area contributed by atoms with E-state index in [1.807, 2.05) is 66.7 Å². The number of methoxy groups -OCH3 is 1. The number of para-hydroxylation sites is 1. The average Bonchev–Trinajstić information content (AvgIpc) is 3.15. The second-order valence-electron chi connectivity index (χ2n) is 6.57. The molecule has 1 aliphatic heterocycles. The molecule has 0 bridgehead atoms. The van der Waals surface area contributed by atoms with E-state index in [0.717, 1.165) is 28.2 Å². The molecule has 0 fully saturated rings. The van der Waals surface area contributed by atoms with Gasteiger partial charge >= 0.3 is 0 Å². The molecule has 1 unspecified atom stereocenters. The van der Waals surface area contributed by atoms with Crippen LogP contribution >= 0.6 is 0 Å². The number of rotatable bonds is 5. The molecular formula is C23H21NO3. The number of hydrogen-bond acceptors (Lipinski definition) is 3. The normalized spacial score (nSPS) is 14.9. The Morgan fingerprint density at radius 3 is 2.67 bits per heavy atom. The van der Waals surface area contributed by atoms with Crippen LogP contribution in [-0.4, -0.2) is 26.2 Å². The largest absolute Gasteiger partial charge is 0.497 e. The molecule has 4 heteroatoms. The molecule has 1 atom stereocenters. The Morgan fingerprint density at radius 2 is 1.85 bits per heavy atom.